The molecule has 0 aromatic carbocycles. The molecule has 1 aromatic heterocycles. The van der Waals surface area contributed by atoms with E-state index in [0.29, 0.717) is 0 Å². The summed E-state index contributed by atoms with van der Waals surface area (Å²) >= 11 is 0. The SMILES string of the molecule is CCCNCc1ccc(OCCCN(C)C)cn1. The van der Waals surface area contributed by atoms with E-state index >= 15 is 0 Å². The average molecular weight is 251 g/mol. The van der Waals surface area contributed by atoms with Crippen molar-refractivity contribution in [3.05, 3.63) is 24.0 Å². The maximum Gasteiger partial charge on any atom is 0.137 e. The lowest BCUT2D eigenvalue weighted by atomic mass is 10.3. The van der Waals surface area contributed by atoms with E-state index in [1.54, 1.807) is 6.20 Å². The minimum atomic E-state index is 0.743. The van der Waals surface area contributed by atoms with E-state index in [4.69, 9.17) is 4.74 Å². The van der Waals surface area contributed by atoms with Gasteiger partial charge in [0.2, 0.25) is 0 Å². The molecular weight excluding hydrogens is 226 g/mol. The van der Waals surface area contributed by atoms with Gasteiger partial charge in [-0.15, -0.1) is 0 Å². The topological polar surface area (TPSA) is 37.4 Å². The highest BCUT2D eigenvalue weighted by molar-refractivity contribution is 5.19. The van der Waals surface area contributed by atoms with Crippen LogP contribution in [0.15, 0.2) is 18.3 Å². The highest BCUT2D eigenvalue weighted by Gasteiger charge is 1.97. The van der Waals surface area contributed by atoms with Crippen molar-refractivity contribution < 1.29 is 4.74 Å². The molecule has 1 heterocycles. The lowest BCUT2D eigenvalue weighted by Gasteiger charge is -2.10. The Bertz CT molecular complexity index is 311. The third kappa shape index (κ3) is 6.57. The third-order valence-electron chi connectivity index (χ3n) is 2.55. The Kier molecular flexibility index (Phi) is 7.37. The molecule has 0 spiro atoms. The van der Waals surface area contributed by atoms with Crippen LogP contribution in [0.2, 0.25) is 0 Å². The van der Waals surface area contributed by atoms with Gasteiger partial charge in [-0.25, -0.2) is 0 Å². The molecule has 0 bridgehead atoms. The maximum absolute atomic E-state index is 5.63. The minimum absolute atomic E-state index is 0.743. The first kappa shape index (κ1) is 14.9. The molecule has 18 heavy (non-hydrogen) atoms. The third-order valence-corrected chi connectivity index (χ3v) is 2.55. The number of aromatic nitrogens is 1. The second-order valence-electron chi connectivity index (χ2n) is 4.67. The Labute approximate surface area is 110 Å². The molecule has 0 fully saturated rings. The maximum atomic E-state index is 5.63. The standard InChI is InChI=1S/C14H25N3O/c1-4-8-15-11-13-6-7-14(12-16-13)18-10-5-9-17(2)3/h6-7,12,15H,4-5,8-11H2,1-3H3. The zero-order chi connectivity index (χ0) is 13.2. The van der Waals surface area contributed by atoms with Crippen molar-refractivity contribution in [2.75, 3.05) is 33.8 Å². The summed E-state index contributed by atoms with van der Waals surface area (Å²) in [5.41, 5.74) is 1.06. The van der Waals surface area contributed by atoms with Crippen LogP contribution in [0.4, 0.5) is 0 Å². The predicted molar refractivity (Wildman–Crippen MR) is 74.9 cm³/mol. The normalized spacial score (nSPS) is 10.9. The van der Waals surface area contributed by atoms with Gasteiger partial charge in [-0.05, 0) is 45.6 Å². The van der Waals surface area contributed by atoms with Crippen LogP contribution in [0.5, 0.6) is 5.75 Å². The van der Waals surface area contributed by atoms with Crippen LogP contribution in [-0.2, 0) is 6.54 Å². The summed E-state index contributed by atoms with van der Waals surface area (Å²) in [6.07, 6.45) is 3.98. The van der Waals surface area contributed by atoms with Crippen LogP contribution in [0.3, 0.4) is 0 Å². The van der Waals surface area contributed by atoms with E-state index in [2.05, 4.69) is 36.2 Å². The molecule has 0 aliphatic rings. The molecule has 0 atom stereocenters. The zero-order valence-electron chi connectivity index (χ0n) is 11.8. The summed E-state index contributed by atoms with van der Waals surface area (Å²) in [4.78, 5) is 6.52. The lowest BCUT2D eigenvalue weighted by Crippen LogP contribution is -2.16. The minimum Gasteiger partial charge on any atom is -0.492 e. The van der Waals surface area contributed by atoms with Crippen molar-refractivity contribution in [2.45, 2.75) is 26.3 Å². The fourth-order valence-corrected chi connectivity index (χ4v) is 1.56. The summed E-state index contributed by atoms with van der Waals surface area (Å²) in [7, 11) is 4.14. The molecule has 0 amide bonds. The quantitative estimate of drug-likeness (QED) is 0.680. The Morgan fingerprint density at radius 3 is 2.78 bits per heavy atom. The number of nitrogens with one attached hydrogen (secondary N) is 1. The largest absolute Gasteiger partial charge is 0.492 e. The lowest BCUT2D eigenvalue weighted by molar-refractivity contribution is 0.280. The van der Waals surface area contributed by atoms with Gasteiger partial charge < -0.3 is 15.0 Å². The van der Waals surface area contributed by atoms with Crippen LogP contribution < -0.4 is 10.1 Å². The Morgan fingerprint density at radius 2 is 2.17 bits per heavy atom. The molecule has 102 valence electrons. The number of hydrogen-bond acceptors (Lipinski definition) is 4. The zero-order valence-corrected chi connectivity index (χ0v) is 11.8. The second-order valence-corrected chi connectivity index (χ2v) is 4.67. The molecule has 0 saturated heterocycles. The number of ether oxygens (including phenoxy) is 1. The molecule has 0 aliphatic carbocycles. The number of rotatable bonds is 9. The van der Waals surface area contributed by atoms with Crippen molar-refractivity contribution in [3.63, 3.8) is 0 Å². The van der Waals surface area contributed by atoms with Gasteiger partial charge in [-0.1, -0.05) is 6.92 Å². The van der Waals surface area contributed by atoms with Crippen molar-refractivity contribution >= 4 is 0 Å². The van der Waals surface area contributed by atoms with Gasteiger partial charge in [0.1, 0.15) is 5.75 Å². The second kappa shape index (κ2) is 8.89. The fourth-order valence-electron chi connectivity index (χ4n) is 1.56. The number of pyridine rings is 1. The Balaban J connectivity index is 2.23. The van der Waals surface area contributed by atoms with E-state index < -0.39 is 0 Å². The molecular formula is C14H25N3O. The molecule has 1 aromatic rings. The van der Waals surface area contributed by atoms with Crippen LogP contribution in [-0.4, -0.2) is 43.7 Å². The Morgan fingerprint density at radius 1 is 1.33 bits per heavy atom. The van der Waals surface area contributed by atoms with E-state index in [0.717, 1.165) is 50.5 Å². The van der Waals surface area contributed by atoms with Crippen LogP contribution >= 0.6 is 0 Å². The molecule has 0 saturated carbocycles. The first-order valence-electron chi connectivity index (χ1n) is 6.65. The van der Waals surface area contributed by atoms with Crippen LogP contribution in [0, 0.1) is 0 Å². The van der Waals surface area contributed by atoms with Gasteiger partial charge in [0.25, 0.3) is 0 Å². The molecule has 0 radical (unpaired) electrons. The first-order chi connectivity index (χ1) is 8.72. The fraction of sp³-hybridized carbons (Fsp3) is 0.643. The highest BCUT2D eigenvalue weighted by Crippen LogP contribution is 2.09. The molecule has 4 nitrogen and oxygen atoms in total. The smallest absolute Gasteiger partial charge is 0.137 e. The van der Waals surface area contributed by atoms with E-state index in [1.807, 2.05) is 12.1 Å². The molecule has 1 N–H and O–H groups in total. The van der Waals surface area contributed by atoms with Crippen molar-refractivity contribution in [1.82, 2.24) is 15.2 Å². The van der Waals surface area contributed by atoms with Gasteiger partial charge in [0, 0.05) is 13.1 Å². The van der Waals surface area contributed by atoms with Gasteiger partial charge in [-0.2, -0.15) is 0 Å². The van der Waals surface area contributed by atoms with Gasteiger partial charge >= 0.3 is 0 Å². The molecule has 0 aliphatic heterocycles. The van der Waals surface area contributed by atoms with E-state index in [-0.39, 0.29) is 0 Å². The monoisotopic (exact) mass is 251 g/mol. The Hall–Kier alpha value is -1.13. The summed E-state index contributed by atoms with van der Waals surface area (Å²) in [5.74, 6) is 0.855. The summed E-state index contributed by atoms with van der Waals surface area (Å²) in [6.45, 7) is 5.81. The highest BCUT2D eigenvalue weighted by atomic mass is 16.5. The number of nitrogens with zero attached hydrogens (tertiary/aromatic N) is 2. The van der Waals surface area contributed by atoms with Crippen LogP contribution in [0.25, 0.3) is 0 Å². The number of hydrogen-bond donors (Lipinski definition) is 1. The van der Waals surface area contributed by atoms with Gasteiger partial charge in [0.05, 0.1) is 18.5 Å². The van der Waals surface area contributed by atoms with Crippen molar-refractivity contribution in [1.29, 1.82) is 0 Å². The molecule has 4 heteroatoms. The van der Waals surface area contributed by atoms with Crippen molar-refractivity contribution in [2.24, 2.45) is 0 Å². The summed E-state index contributed by atoms with van der Waals surface area (Å²) in [5, 5.41) is 3.33. The van der Waals surface area contributed by atoms with E-state index in [1.165, 1.54) is 0 Å². The predicted octanol–water partition coefficient (Wildman–Crippen LogP) is 1.91. The average Bonchev–Trinajstić information content (AvgIpc) is 2.36. The van der Waals surface area contributed by atoms with Gasteiger partial charge in [0.15, 0.2) is 0 Å². The summed E-state index contributed by atoms with van der Waals surface area (Å²) < 4.78 is 5.63. The molecule has 0 unspecified atom stereocenters. The molecule has 1 rings (SSSR count). The van der Waals surface area contributed by atoms with Gasteiger partial charge in [-0.3, -0.25) is 4.98 Å². The van der Waals surface area contributed by atoms with Crippen LogP contribution in [0.1, 0.15) is 25.5 Å². The van der Waals surface area contributed by atoms with E-state index in [9.17, 15) is 0 Å². The van der Waals surface area contributed by atoms with Crippen molar-refractivity contribution in [3.8, 4) is 5.75 Å². The summed E-state index contributed by atoms with van der Waals surface area (Å²) in [6, 6.07) is 4.01. The first-order valence-corrected chi connectivity index (χ1v) is 6.65.